The summed E-state index contributed by atoms with van der Waals surface area (Å²) in [7, 11) is 3.19. The van der Waals surface area contributed by atoms with Crippen LogP contribution >= 0.6 is 15.9 Å². The van der Waals surface area contributed by atoms with Crippen LogP contribution < -0.4 is 10.1 Å². The van der Waals surface area contributed by atoms with Crippen molar-refractivity contribution in [2.75, 3.05) is 14.2 Å². The van der Waals surface area contributed by atoms with Crippen LogP contribution in [0.4, 0.5) is 8.78 Å². The number of halogens is 3. The summed E-state index contributed by atoms with van der Waals surface area (Å²) in [4.78, 5) is 0. The van der Waals surface area contributed by atoms with Crippen LogP contribution in [0.25, 0.3) is 0 Å². The summed E-state index contributed by atoms with van der Waals surface area (Å²) in [6, 6.07) is 9.27. The molecular formula is C15H14BrF2NO. The highest BCUT2D eigenvalue weighted by Crippen LogP contribution is 2.28. The van der Waals surface area contributed by atoms with Gasteiger partial charge in [0, 0.05) is 0 Å². The summed E-state index contributed by atoms with van der Waals surface area (Å²) >= 11 is 3.16. The van der Waals surface area contributed by atoms with Crippen molar-refractivity contribution in [3.63, 3.8) is 0 Å². The van der Waals surface area contributed by atoms with Gasteiger partial charge in [0.2, 0.25) is 0 Å². The average Bonchev–Trinajstić information content (AvgIpc) is 2.44. The number of rotatable bonds is 4. The molecule has 0 aliphatic heterocycles. The van der Waals surface area contributed by atoms with Gasteiger partial charge in [-0.25, -0.2) is 8.78 Å². The fourth-order valence-corrected chi connectivity index (χ4v) is 2.48. The predicted octanol–water partition coefficient (Wildman–Crippen LogP) is 4.04. The van der Waals surface area contributed by atoms with E-state index >= 15 is 0 Å². The Bertz CT molecular complexity index is 619. The molecule has 2 aromatic carbocycles. The molecule has 1 atom stereocenters. The molecule has 20 heavy (non-hydrogen) atoms. The van der Waals surface area contributed by atoms with Gasteiger partial charge in [0.15, 0.2) is 11.6 Å². The number of hydrogen-bond donors (Lipinski definition) is 1. The Morgan fingerprint density at radius 2 is 1.70 bits per heavy atom. The molecule has 0 aliphatic carbocycles. The Morgan fingerprint density at radius 3 is 2.25 bits per heavy atom. The molecule has 0 spiro atoms. The van der Waals surface area contributed by atoms with Gasteiger partial charge in [-0.15, -0.1) is 0 Å². The van der Waals surface area contributed by atoms with Crippen molar-refractivity contribution in [1.29, 1.82) is 0 Å². The van der Waals surface area contributed by atoms with E-state index in [1.165, 1.54) is 19.2 Å². The summed E-state index contributed by atoms with van der Waals surface area (Å²) in [6.45, 7) is 0. The van der Waals surface area contributed by atoms with Gasteiger partial charge in [-0.1, -0.05) is 12.1 Å². The van der Waals surface area contributed by atoms with Crippen LogP contribution in [-0.4, -0.2) is 14.2 Å². The van der Waals surface area contributed by atoms with Gasteiger partial charge in [0.05, 0.1) is 17.6 Å². The van der Waals surface area contributed by atoms with E-state index in [1.807, 2.05) is 0 Å². The van der Waals surface area contributed by atoms with Crippen molar-refractivity contribution < 1.29 is 13.5 Å². The van der Waals surface area contributed by atoms with Gasteiger partial charge in [-0.05, 0) is 58.4 Å². The van der Waals surface area contributed by atoms with E-state index in [9.17, 15) is 8.78 Å². The van der Waals surface area contributed by atoms with E-state index in [1.54, 1.807) is 31.3 Å². The van der Waals surface area contributed by atoms with Crippen molar-refractivity contribution in [2.45, 2.75) is 6.04 Å². The third-order valence-corrected chi connectivity index (χ3v) is 3.68. The molecule has 1 unspecified atom stereocenters. The molecule has 0 radical (unpaired) electrons. The Morgan fingerprint density at radius 1 is 1.05 bits per heavy atom. The van der Waals surface area contributed by atoms with E-state index in [-0.39, 0.29) is 17.6 Å². The molecule has 0 aromatic heterocycles. The van der Waals surface area contributed by atoms with Crippen molar-refractivity contribution in [3.8, 4) is 5.75 Å². The van der Waals surface area contributed by atoms with Crippen LogP contribution in [0.15, 0.2) is 40.9 Å². The Labute approximate surface area is 124 Å². The molecule has 0 saturated carbocycles. The van der Waals surface area contributed by atoms with Crippen LogP contribution in [0.1, 0.15) is 17.2 Å². The summed E-state index contributed by atoms with van der Waals surface area (Å²) in [6.07, 6.45) is 0. The highest BCUT2D eigenvalue weighted by molar-refractivity contribution is 9.10. The lowest BCUT2D eigenvalue weighted by Gasteiger charge is -2.18. The first kappa shape index (κ1) is 14.9. The minimum atomic E-state index is -0.425. The summed E-state index contributed by atoms with van der Waals surface area (Å²) < 4.78 is 32.4. The van der Waals surface area contributed by atoms with E-state index in [0.717, 1.165) is 11.1 Å². The zero-order chi connectivity index (χ0) is 14.7. The third kappa shape index (κ3) is 2.99. The SMILES string of the molecule is CNC(c1ccc(OC)c(F)c1)c1ccc(F)c(Br)c1. The maximum absolute atomic E-state index is 13.8. The van der Waals surface area contributed by atoms with E-state index < -0.39 is 5.82 Å². The number of hydrogen-bond acceptors (Lipinski definition) is 2. The molecule has 0 bridgehead atoms. The van der Waals surface area contributed by atoms with Crippen molar-refractivity contribution in [1.82, 2.24) is 5.32 Å². The minimum Gasteiger partial charge on any atom is -0.494 e. The lowest BCUT2D eigenvalue weighted by Crippen LogP contribution is -2.18. The van der Waals surface area contributed by atoms with Crippen LogP contribution in [0, 0.1) is 11.6 Å². The zero-order valence-corrected chi connectivity index (χ0v) is 12.7. The topological polar surface area (TPSA) is 21.3 Å². The Kier molecular flexibility index (Phi) is 4.73. The quantitative estimate of drug-likeness (QED) is 0.905. The molecule has 2 rings (SSSR count). The molecule has 0 aliphatic rings. The largest absolute Gasteiger partial charge is 0.494 e. The number of ether oxygens (including phenoxy) is 1. The molecule has 5 heteroatoms. The summed E-state index contributed by atoms with van der Waals surface area (Å²) in [5, 5.41) is 3.10. The molecule has 1 N–H and O–H groups in total. The van der Waals surface area contributed by atoms with Crippen LogP contribution in [-0.2, 0) is 0 Å². The second-order valence-electron chi connectivity index (χ2n) is 4.29. The third-order valence-electron chi connectivity index (χ3n) is 3.07. The van der Waals surface area contributed by atoms with Gasteiger partial charge in [0.1, 0.15) is 5.82 Å². The number of benzene rings is 2. The second kappa shape index (κ2) is 6.33. The highest BCUT2D eigenvalue weighted by Gasteiger charge is 2.15. The fraction of sp³-hybridized carbons (Fsp3) is 0.200. The molecule has 0 heterocycles. The van der Waals surface area contributed by atoms with Crippen LogP contribution in [0.2, 0.25) is 0 Å². The van der Waals surface area contributed by atoms with Gasteiger partial charge in [-0.2, -0.15) is 0 Å². The molecule has 0 saturated heterocycles. The van der Waals surface area contributed by atoms with Gasteiger partial charge < -0.3 is 10.1 Å². The first-order valence-corrected chi connectivity index (χ1v) is 6.81. The van der Waals surface area contributed by atoms with E-state index in [4.69, 9.17) is 4.74 Å². The van der Waals surface area contributed by atoms with Crippen molar-refractivity contribution >= 4 is 15.9 Å². The smallest absolute Gasteiger partial charge is 0.165 e. The van der Waals surface area contributed by atoms with Crippen molar-refractivity contribution in [2.24, 2.45) is 0 Å². The second-order valence-corrected chi connectivity index (χ2v) is 5.14. The molecular weight excluding hydrogens is 328 g/mol. The first-order chi connectivity index (χ1) is 9.56. The Balaban J connectivity index is 2.41. The normalized spacial score (nSPS) is 12.2. The Hall–Kier alpha value is -1.46. The zero-order valence-electron chi connectivity index (χ0n) is 11.1. The van der Waals surface area contributed by atoms with Crippen LogP contribution in [0.3, 0.4) is 0 Å². The number of methoxy groups -OCH3 is 1. The molecule has 0 amide bonds. The highest BCUT2D eigenvalue weighted by atomic mass is 79.9. The molecule has 2 aromatic rings. The summed E-state index contributed by atoms with van der Waals surface area (Å²) in [5.41, 5.74) is 1.58. The van der Waals surface area contributed by atoms with Gasteiger partial charge in [-0.3, -0.25) is 0 Å². The first-order valence-electron chi connectivity index (χ1n) is 6.02. The molecule has 106 valence electrons. The van der Waals surface area contributed by atoms with Crippen molar-refractivity contribution in [3.05, 3.63) is 63.6 Å². The fourth-order valence-electron chi connectivity index (χ4n) is 2.08. The summed E-state index contributed by atoms with van der Waals surface area (Å²) in [5.74, 6) is -0.556. The monoisotopic (exact) mass is 341 g/mol. The maximum atomic E-state index is 13.8. The number of nitrogens with one attached hydrogen (secondary N) is 1. The lowest BCUT2D eigenvalue weighted by atomic mass is 9.98. The van der Waals surface area contributed by atoms with E-state index in [0.29, 0.717) is 4.47 Å². The average molecular weight is 342 g/mol. The van der Waals surface area contributed by atoms with Crippen LogP contribution in [0.5, 0.6) is 5.75 Å². The lowest BCUT2D eigenvalue weighted by molar-refractivity contribution is 0.386. The van der Waals surface area contributed by atoms with E-state index in [2.05, 4.69) is 21.2 Å². The molecule has 0 fully saturated rings. The van der Waals surface area contributed by atoms with Gasteiger partial charge >= 0.3 is 0 Å². The standard InChI is InChI=1S/C15H14BrF2NO/c1-19-15(9-3-5-12(17)11(16)7-9)10-4-6-14(20-2)13(18)8-10/h3-8,15,19H,1-2H3. The predicted molar refractivity (Wildman–Crippen MR) is 78.0 cm³/mol. The maximum Gasteiger partial charge on any atom is 0.165 e. The minimum absolute atomic E-state index is 0.198. The van der Waals surface area contributed by atoms with Gasteiger partial charge in [0.25, 0.3) is 0 Å². The molecule has 2 nitrogen and oxygen atoms in total.